The number of nitrogens with zero attached hydrogens (tertiary/aromatic N) is 3. The van der Waals surface area contributed by atoms with Crippen molar-refractivity contribution in [3.05, 3.63) is 59.1 Å². The van der Waals surface area contributed by atoms with Crippen LogP contribution in [0.4, 0.5) is 0 Å². The van der Waals surface area contributed by atoms with Gasteiger partial charge in [0.2, 0.25) is 0 Å². The van der Waals surface area contributed by atoms with E-state index in [-0.39, 0.29) is 17.9 Å². The number of rotatable bonds is 5. The fourth-order valence-corrected chi connectivity index (χ4v) is 4.83. The average molecular weight is 461 g/mol. The summed E-state index contributed by atoms with van der Waals surface area (Å²) in [6, 6.07) is 7.45. The Morgan fingerprint density at radius 2 is 2.03 bits per heavy atom. The van der Waals surface area contributed by atoms with Crippen LogP contribution in [-0.4, -0.2) is 46.0 Å². The molecule has 1 N–H and O–H groups in total. The second kappa shape index (κ2) is 8.20. The summed E-state index contributed by atoms with van der Waals surface area (Å²) in [4.78, 5) is 27.4. The number of carbonyl (C=O) groups excluding carboxylic acids is 2. The van der Waals surface area contributed by atoms with Gasteiger partial charge in [0.05, 0.1) is 17.3 Å². The number of carbonyl (C=O) groups is 2. The highest BCUT2D eigenvalue weighted by Crippen LogP contribution is 2.35. The molecule has 34 heavy (non-hydrogen) atoms. The van der Waals surface area contributed by atoms with E-state index < -0.39 is 0 Å². The summed E-state index contributed by atoms with van der Waals surface area (Å²) >= 11 is 0. The molecule has 0 saturated carbocycles. The third kappa shape index (κ3) is 3.41. The molecule has 0 spiro atoms. The van der Waals surface area contributed by atoms with Crippen molar-refractivity contribution in [3.63, 3.8) is 0 Å². The topological polar surface area (TPSA) is 89.1 Å². The number of nitrogens with one attached hydrogen (secondary N) is 1. The molecule has 8 heteroatoms. The van der Waals surface area contributed by atoms with Crippen molar-refractivity contribution in [3.8, 4) is 11.5 Å². The number of fused-ring (bicyclic) bond motifs is 2. The minimum absolute atomic E-state index is 0.0353. The van der Waals surface area contributed by atoms with Crippen LogP contribution in [0.3, 0.4) is 0 Å². The summed E-state index contributed by atoms with van der Waals surface area (Å²) in [5, 5.41) is 7.77. The molecular formula is C26H28N4O4. The van der Waals surface area contributed by atoms with Gasteiger partial charge in [0.1, 0.15) is 22.6 Å². The highest BCUT2D eigenvalue weighted by molar-refractivity contribution is 6.07. The largest absolute Gasteiger partial charge is 0.460 e. The lowest BCUT2D eigenvalue weighted by Gasteiger charge is -2.43. The number of hydrogen-bond donors (Lipinski definition) is 1. The molecule has 1 atom stereocenters. The second-order valence-electron chi connectivity index (χ2n) is 9.13. The number of aryl methyl sites for hydroxylation is 2. The van der Waals surface area contributed by atoms with Crippen molar-refractivity contribution in [2.45, 2.75) is 40.2 Å². The Morgan fingerprint density at radius 3 is 2.71 bits per heavy atom. The van der Waals surface area contributed by atoms with Gasteiger partial charge in [-0.1, -0.05) is 13.8 Å². The molecule has 3 aromatic heterocycles. The Balaban J connectivity index is 1.50. The zero-order valence-electron chi connectivity index (χ0n) is 20.0. The number of ether oxygens (including phenoxy) is 1. The number of aromatic nitrogens is 2. The molecule has 0 aliphatic carbocycles. The van der Waals surface area contributed by atoms with Gasteiger partial charge < -0.3 is 19.4 Å². The van der Waals surface area contributed by atoms with Gasteiger partial charge in [0.15, 0.2) is 5.75 Å². The molecule has 1 aromatic carbocycles. The SMILES string of the molecule is CNC(=O)c1c(C)oc2cc(Oc3ccnn4cc(C(=O)N5CCC5C(C)C)c(C)c34)ccc12. The molecule has 1 fully saturated rings. The lowest BCUT2D eigenvalue weighted by atomic mass is 9.91. The summed E-state index contributed by atoms with van der Waals surface area (Å²) in [5.41, 5.74) is 3.31. The van der Waals surface area contributed by atoms with Crippen molar-refractivity contribution < 1.29 is 18.7 Å². The van der Waals surface area contributed by atoms with Gasteiger partial charge >= 0.3 is 0 Å². The average Bonchev–Trinajstić information content (AvgIpc) is 3.28. The molecule has 1 aliphatic rings. The van der Waals surface area contributed by atoms with E-state index >= 15 is 0 Å². The lowest BCUT2D eigenvalue weighted by Crippen LogP contribution is -2.53. The molecule has 176 valence electrons. The van der Waals surface area contributed by atoms with E-state index in [0.717, 1.165) is 29.4 Å². The van der Waals surface area contributed by atoms with Gasteiger partial charge in [0, 0.05) is 43.4 Å². The molecule has 1 unspecified atom stereocenters. The quantitative estimate of drug-likeness (QED) is 0.466. The van der Waals surface area contributed by atoms with E-state index in [1.54, 1.807) is 49.1 Å². The predicted molar refractivity (Wildman–Crippen MR) is 129 cm³/mol. The Kier molecular flexibility index (Phi) is 5.31. The van der Waals surface area contributed by atoms with Gasteiger partial charge in [-0.15, -0.1) is 0 Å². The van der Waals surface area contributed by atoms with E-state index in [9.17, 15) is 9.59 Å². The highest BCUT2D eigenvalue weighted by atomic mass is 16.5. The molecule has 8 nitrogen and oxygen atoms in total. The Morgan fingerprint density at radius 1 is 1.24 bits per heavy atom. The fourth-order valence-electron chi connectivity index (χ4n) is 4.83. The fraction of sp³-hybridized carbons (Fsp3) is 0.346. The smallest absolute Gasteiger partial charge is 0.256 e. The first kappa shape index (κ1) is 22.0. The molecule has 5 rings (SSSR count). The third-order valence-corrected chi connectivity index (χ3v) is 6.74. The van der Waals surface area contributed by atoms with Crippen LogP contribution in [0.5, 0.6) is 11.5 Å². The maximum atomic E-state index is 13.3. The van der Waals surface area contributed by atoms with Crippen molar-refractivity contribution in [2.24, 2.45) is 5.92 Å². The number of amides is 2. The molecule has 4 aromatic rings. The summed E-state index contributed by atoms with van der Waals surface area (Å²) in [5.74, 6) is 1.97. The standard InChI is InChI=1S/C26H28N4O4/c1-14(2)20-9-11-29(20)26(32)19-13-30-24(15(19)3)21(8-10-28-30)34-17-6-7-18-22(12-17)33-16(4)23(18)25(31)27-5/h6-8,10,12-14,20H,9,11H2,1-5H3,(H,27,31). The Hall–Kier alpha value is -3.81. The summed E-state index contributed by atoms with van der Waals surface area (Å²) in [7, 11) is 1.59. The first-order valence-electron chi connectivity index (χ1n) is 11.5. The van der Waals surface area contributed by atoms with Crippen molar-refractivity contribution in [2.75, 3.05) is 13.6 Å². The van der Waals surface area contributed by atoms with Gasteiger partial charge in [-0.25, -0.2) is 4.52 Å². The highest BCUT2D eigenvalue weighted by Gasteiger charge is 2.36. The van der Waals surface area contributed by atoms with Gasteiger partial charge in [0.25, 0.3) is 11.8 Å². The number of furan rings is 1. The number of likely N-dealkylation sites (tertiary alicyclic amines) is 1. The van der Waals surface area contributed by atoms with E-state index in [0.29, 0.717) is 39.9 Å². The summed E-state index contributed by atoms with van der Waals surface area (Å²) in [6.07, 6.45) is 4.47. The van der Waals surface area contributed by atoms with E-state index in [1.165, 1.54) is 0 Å². The minimum atomic E-state index is -0.191. The molecule has 1 aliphatic heterocycles. The molecule has 2 amide bonds. The first-order chi connectivity index (χ1) is 16.3. The predicted octanol–water partition coefficient (Wildman–Crippen LogP) is 4.72. The summed E-state index contributed by atoms with van der Waals surface area (Å²) < 4.78 is 13.7. The van der Waals surface area contributed by atoms with E-state index in [1.807, 2.05) is 17.9 Å². The van der Waals surface area contributed by atoms with Crippen LogP contribution in [0.25, 0.3) is 16.5 Å². The summed E-state index contributed by atoms with van der Waals surface area (Å²) in [6.45, 7) is 8.77. The van der Waals surface area contributed by atoms with Crippen LogP contribution >= 0.6 is 0 Å². The number of hydrogen-bond acceptors (Lipinski definition) is 5. The van der Waals surface area contributed by atoms with E-state index in [2.05, 4.69) is 24.3 Å². The van der Waals surface area contributed by atoms with Gasteiger partial charge in [-0.2, -0.15) is 5.10 Å². The first-order valence-corrected chi connectivity index (χ1v) is 11.5. The van der Waals surface area contributed by atoms with E-state index in [4.69, 9.17) is 9.15 Å². The normalized spacial score (nSPS) is 15.7. The van der Waals surface area contributed by atoms with Crippen LogP contribution in [0.2, 0.25) is 0 Å². The molecular weight excluding hydrogens is 432 g/mol. The van der Waals surface area contributed by atoms with Gasteiger partial charge in [-0.3, -0.25) is 9.59 Å². The molecule has 1 saturated heterocycles. The Labute approximate surface area is 197 Å². The zero-order chi connectivity index (χ0) is 24.1. The maximum absolute atomic E-state index is 13.3. The van der Waals surface area contributed by atoms with Crippen LogP contribution in [0, 0.1) is 19.8 Å². The van der Waals surface area contributed by atoms with Crippen molar-refractivity contribution in [1.82, 2.24) is 19.8 Å². The van der Waals surface area contributed by atoms with Crippen LogP contribution in [0.1, 0.15) is 52.3 Å². The van der Waals surface area contributed by atoms with Crippen LogP contribution < -0.4 is 10.1 Å². The molecule has 0 radical (unpaired) electrons. The van der Waals surface area contributed by atoms with Crippen LogP contribution in [-0.2, 0) is 0 Å². The maximum Gasteiger partial charge on any atom is 0.256 e. The lowest BCUT2D eigenvalue weighted by molar-refractivity contribution is 0.0347. The zero-order valence-corrected chi connectivity index (χ0v) is 20.0. The third-order valence-electron chi connectivity index (χ3n) is 6.74. The second-order valence-corrected chi connectivity index (χ2v) is 9.13. The minimum Gasteiger partial charge on any atom is -0.460 e. The molecule has 4 heterocycles. The molecule has 0 bridgehead atoms. The Bertz CT molecular complexity index is 1430. The van der Waals surface area contributed by atoms with Gasteiger partial charge in [-0.05, 0) is 43.9 Å². The van der Waals surface area contributed by atoms with Crippen molar-refractivity contribution in [1.29, 1.82) is 0 Å². The van der Waals surface area contributed by atoms with Crippen molar-refractivity contribution >= 4 is 28.3 Å². The van der Waals surface area contributed by atoms with Crippen LogP contribution in [0.15, 0.2) is 41.1 Å². The monoisotopic (exact) mass is 460 g/mol. The number of benzene rings is 1.